The third-order valence-electron chi connectivity index (χ3n) is 19.4. The van der Waals surface area contributed by atoms with Crippen molar-refractivity contribution in [1.29, 1.82) is 0 Å². The molecule has 6 aromatic rings. The normalized spacial score (nSPS) is 25.3. The van der Waals surface area contributed by atoms with Crippen LogP contribution in [0.5, 0.6) is 0 Å². The first-order valence-electron chi connectivity index (χ1n) is 37.7. The molecule has 3 aliphatic heterocycles. The van der Waals surface area contributed by atoms with Crippen LogP contribution in [0.25, 0.3) is 0 Å². The number of hydrogen-bond acceptors (Lipinski definition) is 19. The zero-order valence-corrected chi connectivity index (χ0v) is 66.9. The van der Waals surface area contributed by atoms with Crippen molar-refractivity contribution < 1.29 is 85.1 Å². The summed E-state index contributed by atoms with van der Waals surface area (Å²) in [6.07, 6.45) is -17.2. The second kappa shape index (κ2) is 39.4. The molecule has 3 aliphatic rings. The van der Waals surface area contributed by atoms with Gasteiger partial charge in [0.05, 0.1) is 75.7 Å². The Labute approximate surface area is 635 Å². The van der Waals surface area contributed by atoms with Crippen molar-refractivity contribution >= 4 is 38.0 Å². The molecule has 0 aromatic heterocycles. The molecule has 0 saturated carbocycles. The van der Waals surface area contributed by atoms with Gasteiger partial charge in [0.2, 0.25) is 0 Å². The van der Waals surface area contributed by atoms with Gasteiger partial charge in [-0.25, -0.2) is 0 Å². The van der Waals surface area contributed by atoms with Crippen LogP contribution in [-0.2, 0) is 125 Å². The van der Waals surface area contributed by atoms with E-state index < -0.39 is 134 Å². The summed E-state index contributed by atoms with van der Waals surface area (Å²) in [6.45, 7) is 31.9. The van der Waals surface area contributed by atoms with E-state index in [-0.39, 0.29) is 76.1 Å². The minimum Gasteiger partial charge on any atom is -0.455 e. The van der Waals surface area contributed by atoms with Gasteiger partial charge in [-0.1, -0.05) is 230 Å². The summed E-state index contributed by atoms with van der Waals surface area (Å²) < 4.78 is 108. The van der Waals surface area contributed by atoms with E-state index in [0.29, 0.717) is 5.75 Å². The van der Waals surface area contributed by atoms with E-state index >= 15 is 9.59 Å². The number of carbonyl (C=O) groups is 3. The summed E-state index contributed by atoms with van der Waals surface area (Å²) >= 11 is 1.47. The molecule has 3 saturated heterocycles. The fourth-order valence-electron chi connectivity index (χ4n) is 13.8. The van der Waals surface area contributed by atoms with Crippen molar-refractivity contribution in [1.82, 2.24) is 0 Å². The number of ether oxygens (including phenoxy) is 14. The first kappa shape index (κ1) is 83.8. The van der Waals surface area contributed by atoms with Crippen LogP contribution in [0.1, 0.15) is 144 Å². The van der Waals surface area contributed by atoms with Gasteiger partial charge in [0, 0.05) is 0 Å². The van der Waals surface area contributed by atoms with Crippen molar-refractivity contribution in [2.75, 3.05) is 25.6 Å². The molecule has 0 aliphatic carbocycles. The Balaban J connectivity index is 1.25. The smallest absolute Gasteiger partial charge is 0.311 e. The highest BCUT2D eigenvalue weighted by atomic mass is 32.2. The van der Waals surface area contributed by atoms with E-state index in [1.165, 1.54) is 11.8 Å². The monoisotopic (exact) mass is 1500 g/mol. The van der Waals surface area contributed by atoms with Gasteiger partial charge in [0.25, 0.3) is 0 Å². The standard InChI is InChI=1S/C86H116O18SSi/c1-17-105-80-77(104-83(89)86(14,15)16)74(95-53-65-46-34-23-35-47-65)71(67(99-80)55-91-49-61-38-26-19-27-39-61)101-79-76(103-82(88)85(11,12)13)73(94-52-64-44-32-22-33-45-64)70(66(97-79)54-90-48-60-36-24-18-25-37-60)100-78-75(102-81(87)84(8,9)10)72(93-51-63-42-30-21-31-43-63)69(92-50-62-40-28-20-29-41-62)68(98-78)56-96-106(57(2)3,58(4)5)59(6)7/h18-47,57-59,66-80H,17,48-56H2,1-16H3/t66-,67-,68-,69+,70-,71-,72+,73+,74+,75-,76-,77-,78+,79+,80+/m1/s1. The van der Waals surface area contributed by atoms with Crippen LogP contribution in [0.2, 0.25) is 16.6 Å². The zero-order valence-electron chi connectivity index (χ0n) is 65.0. The maximum atomic E-state index is 15.3. The molecule has 3 fully saturated rings. The van der Waals surface area contributed by atoms with Gasteiger partial charge in [-0.05, 0) is 118 Å². The molecule has 0 N–H and O–H groups in total. The molecule has 578 valence electrons. The summed E-state index contributed by atoms with van der Waals surface area (Å²) in [5.74, 6) is -1.10. The minimum atomic E-state index is -2.69. The van der Waals surface area contributed by atoms with Crippen molar-refractivity contribution in [2.45, 2.75) is 258 Å². The van der Waals surface area contributed by atoms with Crippen LogP contribution >= 0.6 is 11.8 Å². The predicted molar refractivity (Wildman–Crippen MR) is 411 cm³/mol. The number of rotatable bonds is 35. The summed E-state index contributed by atoms with van der Waals surface area (Å²) in [5.41, 5.74) is 1.81. The summed E-state index contributed by atoms with van der Waals surface area (Å²) in [5, 5.41) is 0. The molecule has 0 unspecified atom stereocenters. The van der Waals surface area contributed by atoms with Crippen molar-refractivity contribution in [3.05, 3.63) is 215 Å². The summed E-state index contributed by atoms with van der Waals surface area (Å²) in [7, 11) is -2.69. The molecule has 6 aromatic carbocycles. The van der Waals surface area contributed by atoms with Gasteiger partial charge in [0.15, 0.2) is 39.2 Å². The number of esters is 3. The van der Waals surface area contributed by atoms with E-state index in [4.69, 9.17) is 70.7 Å². The third-order valence-corrected chi connectivity index (χ3v) is 26.5. The lowest BCUT2D eigenvalue weighted by Crippen LogP contribution is -2.68. The van der Waals surface area contributed by atoms with Gasteiger partial charge in [0.1, 0.15) is 60.4 Å². The molecule has 0 bridgehead atoms. The molecule has 18 nitrogen and oxygen atoms in total. The highest BCUT2D eigenvalue weighted by Gasteiger charge is 2.60. The van der Waals surface area contributed by atoms with Gasteiger partial charge >= 0.3 is 17.9 Å². The van der Waals surface area contributed by atoms with Crippen LogP contribution in [-0.4, -0.2) is 143 Å². The lowest BCUT2D eigenvalue weighted by atomic mass is 9.93. The molecule has 3 heterocycles. The molecular weight excluding hydrogens is 1380 g/mol. The van der Waals surface area contributed by atoms with E-state index in [1.54, 1.807) is 62.3 Å². The Bertz CT molecular complexity index is 3540. The SMILES string of the molecule is CCS[C@@H]1O[C@H](COCc2ccccc2)[C@@H](O[C@@H]2O[C@H](COCc3ccccc3)[C@@H](O[C@@H]3O[C@H](CO[Si](C(C)C)(C(C)C)C(C)C)[C@H](OCc4ccccc4)[C@H](OCc4ccccc4)[C@H]3OC(=O)C(C)(C)C)[C@H](OCc3ccccc3)[C@H]2OC(=O)C(C)(C)C)[C@H](OCc2ccccc2)[C@H]1OC(=O)C(C)(C)C. The quantitative estimate of drug-likeness (QED) is 0.0207. The van der Waals surface area contributed by atoms with Crippen molar-refractivity contribution in [3.8, 4) is 0 Å². The maximum Gasteiger partial charge on any atom is 0.311 e. The highest BCUT2D eigenvalue weighted by Crippen LogP contribution is 2.45. The van der Waals surface area contributed by atoms with E-state index in [9.17, 15) is 4.79 Å². The Kier molecular flexibility index (Phi) is 31.2. The Morgan fingerprint density at radius 3 is 0.943 bits per heavy atom. The van der Waals surface area contributed by atoms with E-state index in [0.717, 1.165) is 33.4 Å². The molecule has 106 heavy (non-hydrogen) atoms. The maximum absolute atomic E-state index is 15.3. The van der Waals surface area contributed by atoms with Gasteiger partial charge in [-0.3, -0.25) is 14.4 Å². The first-order chi connectivity index (χ1) is 50.6. The summed E-state index contributed by atoms with van der Waals surface area (Å²) in [4.78, 5) is 44.8. The summed E-state index contributed by atoms with van der Waals surface area (Å²) in [6, 6.07) is 58.5. The Hall–Kier alpha value is -6.18. The van der Waals surface area contributed by atoms with Gasteiger partial charge in [-0.2, -0.15) is 0 Å². The number of benzene rings is 6. The van der Waals surface area contributed by atoms with Gasteiger partial charge in [-0.15, -0.1) is 11.8 Å². The Morgan fingerprint density at radius 1 is 0.358 bits per heavy atom. The topological polar surface area (TPSA) is 190 Å². The second-order valence-electron chi connectivity index (χ2n) is 31.8. The van der Waals surface area contributed by atoms with E-state index in [1.807, 2.05) is 189 Å². The fraction of sp³-hybridized carbons (Fsp3) is 0.547. The average molecular weight is 1500 g/mol. The van der Waals surface area contributed by atoms with Crippen LogP contribution in [0, 0.1) is 16.2 Å². The first-order valence-corrected chi connectivity index (χ1v) is 40.8. The fourth-order valence-corrected chi connectivity index (χ4v) is 20.2. The van der Waals surface area contributed by atoms with Crippen LogP contribution in [0.15, 0.2) is 182 Å². The molecule has 0 spiro atoms. The van der Waals surface area contributed by atoms with Crippen molar-refractivity contribution in [3.63, 3.8) is 0 Å². The van der Waals surface area contributed by atoms with Gasteiger partial charge < -0.3 is 70.7 Å². The second-order valence-corrected chi connectivity index (χ2v) is 38.7. The lowest BCUT2D eigenvalue weighted by Gasteiger charge is -2.52. The highest BCUT2D eigenvalue weighted by molar-refractivity contribution is 7.99. The van der Waals surface area contributed by atoms with Crippen LogP contribution in [0.4, 0.5) is 0 Å². The largest absolute Gasteiger partial charge is 0.455 e. The lowest BCUT2D eigenvalue weighted by molar-refractivity contribution is -0.381. The molecule has 9 rings (SSSR count). The zero-order chi connectivity index (χ0) is 76.2. The molecule has 0 radical (unpaired) electrons. The van der Waals surface area contributed by atoms with Crippen LogP contribution < -0.4 is 0 Å². The van der Waals surface area contributed by atoms with E-state index in [2.05, 4.69) is 41.5 Å². The molecular formula is C86H116O18SSi. The third kappa shape index (κ3) is 23.2. The minimum absolute atomic E-state index is 0.0365. The number of hydrogen-bond donors (Lipinski definition) is 0. The number of thioether (sulfide) groups is 1. The Morgan fingerprint density at radius 2 is 0.632 bits per heavy atom. The molecule has 0 amide bonds. The average Bonchev–Trinajstić information content (AvgIpc) is 0.756. The number of carbonyl (C=O) groups excluding carboxylic acids is 3. The van der Waals surface area contributed by atoms with Crippen LogP contribution in [0.3, 0.4) is 0 Å². The van der Waals surface area contributed by atoms with Crippen molar-refractivity contribution in [2.24, 2.45) is 16.2 Å². The molecule has 15 atom stereocenters. The predicted octanol–water partition coefficient (Wildman–Crippen LogP) is 16.5. The molecule has 20 heteroatoms.